The van der Waals surface area contributed by atoms with Crippen molar-refractivity contribution in [2.45, 2.75) is 39.0 Å². The number of carbonyl (C=O) groups is 1. The number of rotatable bonds is 5. The molecule has 3 N–H and O–H groups in total. The second kappa shape index (κ2) is 7.32. The first-order valence-electron chi connectivity index (χ1n) is 8.05. The minimum atomic E-state index is 0.0427. The van der Waals surface area contributed by atoms with Crippen LogP contribution in [0.25, 0.3) is 0 Å². The normalized spacial score (nSPS) is 11.3. The zero-order valence-corrected chi connectivity index (χ0v) is 14.2. The van der Waals surface area contributed by atoms with Gasteiger partial charge in [0.25, 0.3) is 0 Å². The lowest BCUT2D eigenvalue weighted by Crippen LogP contribution is -2.27. The van der Waals surface area contributed by atoms with Crippen molar-refractivity contribution in [3.05, 3.63) is 65.2 Å². The Labute approximate surface area is 138 Å². The van der Waals surface area contributed by atoms with Gasteiger partial charge in [-0.25, -0.2) is 0 Å². The topological polar surface area (TPSA) is 55.1 Å². The van der Waals surface area contributed by atoms with Crippen LogP contribution in [0.1, 0.15) is 37.5 Å². The second-order valence-electron chi connectivity index (χ2n) is 6.97. The summed E-state index contributed by atoms with van der Waals surface area (Å²) in [4.78, 5) is 11.9. The zero-order chi connectivity index (χ0) is 16.9. The summed E-state index contributed by atoms with van der Waals surface area (Å²) in [5.74, 6) is 0.0427. The van der Waals surface area contributed by atoms with Crippen LogP contribution in [0.15, 0.2) is 48.5 Å². The standard InChI is InChI=1S/C20H26N2O/c1-20(2,3)17-8-4-15(5-9-17)12-13-22-19(23)14-16-6-10-18(21)11-7-16/h4-11H,12-14,21H2,1-3H3,(H,22,23). The first-order chi connectivity index (χ1) is 10.8. The number of nitrogens with two attached hydrogens (primary N) is 1. The van der Waals surface area contributed by atoms with Gasteiger partial charge in [0.2, 0.25) is 5.91 Å². The van der Waals surface area contributed by atoms with E-state index in [1.54, 1.807) is 0 Å². The highest BCUT2D eigenvalue weighted by Gasteiger charge is 2.12. The Bertz CT molecular complexity index is 637. The average Bonchev–Trinajstić information content (AvgIpc) is 2.49. The Kier molecular flexibility index (Phi) is 5.43. The van der Waals surface area contributed by atoms with Crippen molar-refractivity contribution < 1.29 is 4.79 Å². The molecule has 122 valence electrons. The van der Waals surface area contributed by atoms with Gasteiger partial charge < -0.3 is 11.1 Å². The summed E-state index contributed by atoms with van der Waals surface area (Å²) >= 11 is 0. The Balaban J connectivity index is 1.78. The molecule has 0 saturated carbocycles. The highest BCUT2D eigenvalue weighted by atomic mass is 16.1. The van der Waals surface area contributed by atoms with E-state index >= 15 is 0 Å². The molecule has 0 aliphatic rings. The Hall–Kier alpha value is -2.29. The third-order valence-electron chi connectivity index (χ3n) is 3.90. The molecule has 2 aromatic carbocycles. The van der Waals surface area contributed by atoms with E-state index < -0.39 is 0 Å². The lowest BCUT2D eigenvalue weighted by Gasteiger charge is -2.19. The van der Waals surface area contributed by atoms with E-state index in [4.69, 9.17) is 5.73 Å². The highest BCUT2D eigenvalue weighted by molar-refractivity contribution is 5.78. The van der Waals surface area contributed by atoms with Crippen LogP contribution in [0.2, 0.25) is 0 Å². The van der Waals surface area contributed by atoms with Crippen molar-refractivity contribution in [2.75, 3.05) is 12.3 Å². The summed E-state index contributed by atoms with van der Waals surface area (Å²) in [7, 11) is 0. The number of anilines is 1. The minimum absolute atomic E-state index is 0.0427. The summed E-state index contributed by atoms with van der Waals surface area (Å²) in [5, 5.41) is 2.97. The van der Waals surface area contributed by atoms with E-state index in [9.17, 15) is 4.79 Å². The molecule has 0 unspecified atom stereocenters. The van der Waals surface area contributed by atoms with Gasteiger partial charge in [0, 0.05) is 12.2 Å². The predicted molar refractivity (Wildman–Crippen MR) is 96.4 cm³/mol. The number of hydrogen-bond acceptors (Lipinski definition) is 2. The van der Waals surface area contributed by atoms with Gasteiger partial charge in [-0.1, -0.05) is 57.2 Å². The molecular weight excluding hydrogens is 284 g/mol. The maximum atomic E-state index is 11.9. The fourth-order valence-electron chi connectivity index (χ4n) is 2.40. The molecule has 0 aliphatic heterocycles. The number of benzene rings is 2. The molecule has 0 spiro atoms. The van der Waals surface area contributed by atoms with E-state index in [0.717, 1.165) is 12.0 Å². The molecule has 23 heavy (non-hydrogen) atoms. The van der Waals surface area contributed by atoms with Crippen molar-refractivity contribution in [1.29, 1.82) is 0 Å². The smallest absolute Gasteiger partial charge is 0.224 e. The van der Waals surface area contributed by atoms with E-state index in [0.29, 0.717) is 18.7 Å². The molecule has 0 bridgehead atoms. The van der Waals surface area contributed by atoms with Crippen LogP contribution in [-0.4, -0.2) is 12.5 Å². The lowest BCUT2D eigenvalue weighted by atomic mass is 9.86. The maximum absolute atomic E-state index is 11.9. The number of amides is 1. The molecule has 0 heterocycles. The molecule has 0 fully saturated rings. The molecule has 3 heteroatoms. The summed E-state index contributed by atoms with van der Waals surface area (Å²) in [6, 6.07) is 16.1. The summed E-state index contributed by atoms with van der Waals surface area (Å²) in [6.07, 6.45) is 1.24. The minimum Gasteiger partial charge on any atom is -0.399 e. The molecule has 0 aliphatic carbocycles. The van der Waals surface area contributed by atoms with Gasteiger partial charge in [-0.3, -0.25) is 4.79 Å². The molecule has 0 saturated heterocycles. The summed E-state index contributed by atoms with van der Waals surface area (Å²) in [6.45, 7) is 7.28. The Morgan fingerprint density at radius 2 is 1.52 bits per heavy atom. The molecule has 3 nitrogen and oxygen atoms in total. The fraction of sp³-hybridized carbons (Fsp3) is 0.350. The number of hydrogen-bond donors (Lipinski definition) is 2. The number of carbonyl (C=O) groups excluding carboxylic acids is 1. The third kappa shape index (κ3) is 5.44. The van der Waals surface area contributed by atoms with Gasteiger partial charge in [0.15, 0.2) is 0 Å². The fourth-order valence-corrected chi connectivity index (χ4v) is 2.40. The van der Waals surface area contributed by atoms with Crippen molar-refractivity contribution in [3.63, 3.8) is 0 Å². The van der Waals surface area contributed by atoms with Gasteiger partial charge in [-0.05, 0) is 40.7 Å². The first kappa shape index (κ1) is 17.1. The van der Waals surface area contributed by atoms with Crippen molar-refractivity contribution in [2.24, 2.45) is 0 Å². The van der Waals surface area contributed by atoms with Gasteiger partial charge in [-0.2, -0.15) is 0 Å². The molecule has 0 radical (unpaired) electrons. The van der Waals surface area contributed by atoms with Crippen molar-refractivity contribution in [3.8, 4) is 0 Å². The van der Waals surface area contributed by atoms with E-state index in [2.05, 4.69) is 50.4 Å². The third-order valence-corrected chi connectivity index (χ3v) is 3.90. The molecule has 1 amide bonds. The molecule has 0 atom stereocenters. The number of nitrogen functional groups attached to an aromatic ring is 1. The van der Waals surface area contributed by atoms with Gasteiger partial charge in [0.1, 0.15) is 0 Å². The van der Waals surface area contributed by atoms with Gasteiger partial charge in [0.05, 0.1) is 6.42 Å². The molecule has 2 rings (SSSR count). The van der Waals surface area contributed by atoms with Crippen LogP contribution in [-0.2, 0) is 23.1 Å². The molecule has 0 aromatic heterocycles. The van der Waals surface area contributed by atoms with Crippen LogP contribution >= 0.6 is 0 Å². The van der Waals surface area contributed by atoms with Crippen molar-refractivity contribution >= 4 is 11.6 Å². The van der Waals surface area contributed by atoms with Crippen molar-refractivity contribution in [1.82, 2.24) is 5.32 Å². The van der Waals surface area contributed by atoms with E-state index in [1.165, 1.54) is 11.1 Å². The van der Waals surface area contributed by atoms with E-state index in [-0.39, 0.29) is 11.3 Å². The quantitative estimate of drug-likeness (QED) is 0.831. The Morgan fingerprint density at radius 1 is 0.957 bits per heavy atom. The van der Waals surface area contributed by atoms with Crippen LogP contribution in [0.3, 0.4) is 0 Å². The summed E-state index contributed by atoms with van der Waals surface area (Å²) in [5.41, 5.74) is 10.1. The van der Waals surface area contributed by atoms with Crippen LogP contribution in [0.4, 0.5) is 5.69 Å². The van der Waals surface area contributed by atoms with Crippen LogP contribution in [0, 0.1) is 0 Å². The lowest BCUT2D eigenvalue weighted by molar-refractivity contribution is -0.120. The number of nitrogens with one attached hydrogen (secondary N) is 1. The Morgan fingerprint density at radius 3 is 2.09 bits per heavy atom. The first-order valence-corrected chi connectivity index (χ1v) is 8.05. The SMILES string of the molecule is CC(C)(C)c1ccc(CCNC(=O)Cc2ccc(N)cc2)cc1. The molecular formula is C20H26N2O. The maximum Gasteiger partial charge on any atom is 0.224 e. The van der Waals surface area contributed by atoms with Crippen LogP contribution in [0.5, 0.6) is 0 Å². The predicted octanol–water partition coefficient (Wildman–Crippen LogP) is 3.47. The monoisotopic (exact) mass is 310 g/mol. The zero-order valence-electron chi connectivity index (χ0n) is 14.2. The van der Waals surface area contributed by atoms with Gasteiger partial charge >= 0.3 is 0 Å². The average molecular weight is 310 g/mol. The van der Waals surface area contributed by atoms with E-state index in [1.807, 2.05) is 24.3 Å². The summed E-state index contributed by atoms with van der Waals surface area (Å²) < 4.78 is 0. The molecule has 2 aromatic rings. The van der Waals surface area contributed by atoms with Gasteiger partial charge in [-0.15, -0.1) is 0 Å². The highest BCUT2D eigenvalue weighted by Crippen LogP contribution is 2.22. The largest absolute Gasteiger partial charge is 0.399 e. The second-order valence-corrected chi connectivity index (χ2v) is 6.97. The van der Waals surface area contributed by atoms with Crippen LogP contribution < -0.4 is 11.1 Å².